The first-order chi connectivity index (χ1) is 14.2. The third kappa shape index (κ3) is 3.94. The van der Waals surface area contributed by atoms with Crippen molar-refractivity contribution in [3.63, 3.8) is 0 Å². The van der Waals surface area contributed by atoms with Gasteiger partial charge in [-0.15, -0.1) is 0 Å². The van der Waals surface area contributed by atoms with Crippen molar-refractivity contribution in [2.75, 3.05) is 19.6 Å². The maximum absolute atomic E-state index is 12.7. The number of piperidine rings is 1. The third-order valence-electron chi connectivity index (χ3n) is 5.17. The molecule has 1 aliphatic heterocycles. The van der Waals surface area contributed by atoms with Gasteiger partial charge in [0, 0.05) is 31.2 Å². The van der Waals surface area contributed by atoms with E-state index in [1.54, 1.807) is 17.0 Å². The summed E-state index contributed by atoms with van der Waals surface area (Å²) in [4.78, 5) is 31.0. The van der Waals surface area contributed by atoms with E-state index in [-0.39, 0.29) is 23.4 Å². The number of nitriles is 1. The Kier molecular flexibility index (Phi) is 5.20. The molecule has 3 aromatic rings. The van der Waals surface area contributed by atoms with E-state index in [0.29, 0.717) is 30.9 Å². The number of para-hydroxylation sites is 1. The van der Waals surface area contributed by atoms with Crippen molar-refractivity contribution in [2.24, 2.45) is 5.92 Å². The molecule has 0 aliphatic carbocycles. The zero-order valence-corrected chi connectivity index (χ0v) is 15.8. The Bertz CT molecular complexity index is 1080. The summed E-state index contributed by atoms with van der Waals surface area (Å²) in [7, 11) is 0. The number of H-pyrrole nitrogens is 1. The normalized spacial score (nSPS) is 16.4. The van der Waals surface area contributed by atoms with Gasteiger partial charge in [0.05, 0.1) is 11.1 Å². The quantitative estimate of drug-likeness (QED) is 0.710. The first-order valence-electron chi connectivity index (χ1n) is 9.52. The van der Waals surface area contributed by atoms with Gasteiger partial charge in [-0.25, -0.2) is 4.98 Å². The highest BCUT2D eigenvalue weighted by Crippen LogP contribution is 2.19. The molecule has 29 heavy (non-hydrogen) atoms. The van der Waals surface area contributed by atoms with Crippen LogP contribution in [-0.4, -0.2) is 51.5 Å². The molecule has 1 fully saturated rings. The lowest BCUT2D eigenvalue weighted by molar-refractivity contribution is 0.0670. The molecular formula is C21H20N6O2. The summed E-state index contributed by atoms with van der Waals surface area (Å²) in [5, 5.41) is 19.6. The molecule has 2 N–H and O–H groups in total. The fraction of sp³-hybridized carbons (Fsp3) is 0.286. The number of aromatic nitrogens is 3. The maximum Gasteiger partial charge on any atom is 0.272 e. The van der Waals surface area contributed by atoms with Crippen LogP contribution in [0.2, 0.25) is 0 Å². The minimum Gasteiger partial charge on any atom is -0.350 e. The summed E-state index contributed by atoms with van der Waals surface area (Å²) >= 11 is 0. The number of carbonyl (C=O) groups is 2. The lowest BCUT2D eigenvalue weighted by Gasteiger charge is -2.32. The number of carbonyl (C=O) groups excluding carboxylic acids is 2. The van der Waals surface area contributed by atoms with Crippen LogP contribution < -0.4 is 5.32 Å². The van der Waals surface area contributed by atoms with E-state index in [0.717, 1.165) is 23.7 Å². The first-order valence-corrected chi connectivity index (χ1v) is 9.52. The summed E-state index contributed by atoms with van der Waals surface area (Å²) in [5.74, 6) is -0.147. The SMILES string of the molecule is N#Cc1ccc(C(=O)N2CCC[C@H](CNC(=O)c3n[nH]c4ccccc34)C2)cn1. The fourth-order valence-corrected chi connectivity index (χ4v) is 3.64. The van der Waals surface area contributed by atoms with Gasteiger partial charge in [-0.2, -0.15) is 10.4 Å². The van der Waals surface area contributed by atoms with E-state index < -0.39 is 0 Å². The minimum atomic E-state index is -0.220. The van der Waals surface area contributed by atoms with Crippen molar-refractivity contribution < 1.29 is 9.59 Å². The van der Waals surface area contributed by atoms with Crippen LogP contribution >= 0.6 is 0 Å². The Morgan fingerprint density at radius 3 is 2.93 bits per heavy atom. The Labute approximate surface area is 167 Å². The number of pyridine rings is 1. The smallest absolute Gasteiger partial charge is 0.272 e. The molecule has 2 amide bonds. The predicted octanol–water partition coefficient (Wildman–Crippen LogP) is 2.11. The Balaban J connectivity index is 1.36. The largest absolute Gasteiger partial charge is 0.350 e. The van der Waals surface area contributed by atoms with E-state index in [1.165, 1.54) is 6.20 Å². The van der Waals surface area contributed by atoms with Gasteiger partial charge in [0.1, 0.15) is 11.8 Å². The summed E-state index contributed by atoms with van der Waals surface area (Å²) in [5.41, 5.74) is 1.96. The molecule has 0 unspecified atom stereocenters. The van der Waals surface area contributed by atoms with Gasteiger partial charge >= 0.3 is 0 Å². The number of likely N-dealkylation sites (tertiary alicyclic amines) is 1. The number of hydrogen-bond donors (Lipinski definition) is 2. The van der Waals surface area contributed by atoms with E-state index >= 15 is 0 Å². The molecule has 1 atom stereocenters. The van der Waals surface area contributed by atoms with E-state index in [2.05, 4.69) is 20.5 Å². The van der Waals surface area contributed by atoms with Crippen LogP contribution in [0, 0.1) is 17.2 Å². The number of rotatable bonds is 4. The molecule has 0 spiro atoms. The minimum absolute atomic E-state index is 0.101. The summed E-state index contributed by atoms with van der Waals surface area (Å²) < 4.78 is 0. The number of amides is 2. The van der Waals surface area contributed by atoms with E-state index in [4.69, 9.17) is 5.26 Å². The number of nitrogens with zero attached hydrogens (tertiary/aromatic N) is 4. The fourth-order valence-electron chi connectivity index (χ4n) is 3.64. The number of nitrogens with one attached hydrogen (secondary N) is 2. The van der Waals surface area contributed by atoms with Gasteiger partial charge in [0.15, 0.2) is 5.69 Å². The van der Waals surface area contributed by atoms with E-state index in [9.17, 15) is 9.59 Å². The number of aromatic amines is 1. The molecule has 8 heteroatoms. The maximum atomic E-state index is 12.7. The number of hydrogen-bond acceptors (Lipinski definition) is 5. The predicted molar refractivity (Wildman–Crippen MR) is 106 cm³/mol. The molecule has 1 saturated heterocycles. The Morgan fingerprint density at radius 2 is 2.14 bits per heavy atom. The molecule has 3 heterocycles. The lowest BCUT2D eigenvalue weighted by atomic mass is 9.97. The highest BCUT2D eigenvalue weighted by Gasteiger charge is 2.25. The molecule has 0 bridgehead atoms. The third-order valence-corrected chi connectivity index (χ3v) is 5.17. The van der Waals surface area contributed by atoms with Crippen LogP contribution in [-0.2, 0) is 0 Å². The molecule has 2 aromatic heterocycles. The van der Waals surface area contributed by atoms with Crippen molar-refractivity contribution in [1.82, 2.24) is 25.4 Å². The van der Waals surface area contributed by atoms with Crippen molar-refractivity contribution >= 4 is 22.7 Å². The summed E-state index contributed by atoms with van der Waals surface area (Å²) in [6.45, 7) is 1.73. The monoisotopic (exact) mass is 388 g/mol. The van der Waals surface area contributed by atoms with Crippen molar-refractivity contribution in [1.29, 1.82) is 5.26 Å². The summed E-state index contributed by atoms with van der Waals surface area (Å²) in [6, 6.07) is 12.6. The van der Waals surface area contributed by atoms with Crippen LogP contribution in [0.15, 0.2) is 42.6 Å². The second-order valence-corrected chi connectivity index (χ2v) is 7.13. The molecule has 8 nitrogen and oxygen atoms in total. The number of fused-ring (bicyclic) bond motifs is 1. The zero-order chi connectivity index (χ0) is 20.2. The average Bonchev–Trinajstić information content (AvgIpc) is 3.21. The second-order valence-electron chi connectivity index (χ2n) is 7.13. The summed E-state index contributed by atoms with van der Waals surface area (Å²) in [6.07, 6.45) is 3.26. The first kappa shape index (κ1) is 18.6. The van der Waals surface area contributed by atoms with Crippen LogP contribution in [0.25, 0.3) is 10.9 Å². The van der Waals surface area contributed by atoms with Crippen LogP contribution in [0.3, 0.4) is 0 Å². The molecule has 0 radical (unpaired) electrons. The van der Waals surface area contributed by atoms with Crippen molar-refractivity contribution in [3.05, 3.63) is 59.5 Å². The second kappa shape index (κ2) is 8.10. The van der Waals surface area contributed by atoms with Gasteiger partial charge in [-0.3, -0.25) is 14.7 Å². The van der Waals surface area contributed by atoms with Gasteiger partial charge < -0.3 is 10.2 Å². The molecule has 4 rings (SSSR count). The molecule has 146 valence electrons. The van der Waals surface area contributed by atoms with Crippen LogP contribution in [0.5, 0.6) is 0 Å². The van der Waals surface area contributed by atoms with Crippen molar-refractivity contribution in [3.8, 4) is 6.07 Å². The van der Waals surface area contributed by atoms with Gasteiger partial charge in [0.25, 0.3) is 11.8 Å². The molecule has 0 saturated carbocycles. The van der Waals surface area contributed by atoms with Gasteiger partial charge in [-0.05, 0) is 37.0 Å². The standard InChI is InChI=1S/C21H20N6O2/c22-10-16-8-7-15(12-23-16)21(29)27-9-3-4-14(13-27)11-24-20(28)19-17-5-1-2-6-18(17)25-26-19/h1-2,5-8,12,14H,3-4,9,11,13H2,(H,24,28)(H,25,26)/t14-/m1/s1. The van der Waals surface area contributed by atoms with Crippen LogP contribution in [0.4, 0.5) is 0 Å². The van der Waals surface area contributed by atoms with E-state index in [1.807, 2.05) is 30.3 Å². The Hall–Kier alpha value is -3.73. The Morgan fingerprint density at radius 1 is 1.28 bits per heavy atom. The highest BCUT2D eigenvalue weighted by molar-refractivity contribution is 6.04. The van der Waals surface area contributed by atoms with Gasteiger partial charge in [-0.1, -0.05) is 18.2 Å². The van der Waals surface area contributed by atoms with Crippen LogP contribution in [0.1, 0.15) is 39.4 Å². The molecular weight excluding hydrogens is 368 g/mol. The molecule has 1 aliphatic rings. The molecule has 1 aromatic carbocycles. The van der Waals surface area contributed by atoms with Gasteiger partial charge in [0.2, 0.25) is 0 Å². The zero-order valence-electron chi connectivity index (χ0n) is 15.8. The topological polar surface area (TPSA) is 115 Å². The highest BCUT2D eigenvalue weighted by atomic mass is 16.2. The number of benzene rings is 1. The average molecular weight is 388 g/mol. The lowest BCUT2D eigenvalue weighted by Crippen LogP contribution is -2.43. The van der Waals surface area contributed by atoms with Crippen molar-refractivity contribution in [2.45, 2.75) is 12.8 Å².